The number of hydrogen-bond donors (Lipinski definition) is 1. The third-order valence-electron chi connectivity index (χ3n) is 5.81. The van der Waals surface area contributed by atoms with Gasteiger partial charge in [-0.1, -0.05) is 42.5 Å². The number of hydrogen-bond acceptors (Lipinski definition) is 5. The molecular formula is C28H22N2O4. The number of aromatic nitrogens is 1. The highest BCUT2D eigenvalue weighted by Crippen LogP contribution is 2.37. The first-order chi connectivity index (χ1) is 16.6. The first-order valence-corrected chi connectivity index (χ1v) is 11.0. The Bertz CT molecular complexity index is 1350. The molecule has 2 N–H and O–H groups in total. The molecule has 0 saturated carbocycles. The second-order valence-corrected chi connectivity index (χ2v) is 7.99. The number of Topliss-reactive ketones (excluding diaryl/α,β-unsaturated/α-hetero) is 1. The predicted octanol–water partition coefficient (Wildman–Crippen LogP) is 4.98. The summed E-state index contributed by atoms with van der Waals surface area (Å²) >= 11 is 0. The Kier molecular flexibility index (Phi) is 5.79. The van der Waals surface area contributed by atoms with E-state index in [1.807, 2.05) is 54.7 Å². The molecule has 5 rings (SSSR count). The van der Waals surface area contributed by atoms with E-state index in [0.717, 1.165) is 22.3 Å². The molecule has 0 bridgehead atoms. The largest absolute Gasteiger partial charge is 0.492 e. The van der Waals surface area contributed by atoms with Gasteiger partial charge in [0, 0.05) is 41.6 Å². The molecular weight excluding hydrogens is 428 g/mol. The number of fused-ring (bicyclic) bond motifs is 1. The Hall–Kier alpha value is -4.45. The molecule has 34 heavy (non-hydrogen) atoms. The van der Waals surface area contributed by atoms with Gasteiger partial charge in [0.25, 0.3) is 0 Å². The zero-order chi connectivity index (χ0) is 23.5. The van der Waals surface area contributed by atoms with Gasteiger partial charge in [0.1, 0.15) is 17.6 Å². The summed E-state index contributed by atoms with van der Waals surface area (Å²) in [7, 11) is 0. The highest BCUT2D eigenvalue weighted by molar-refractivity contribution is 5.99. The summed E-state index contributed by atoms with van der Waals surface area (Å²) in [5, 5.41) is 0. The van der Waals surface area contributed by atoms with Crippen LogP contribution in [-0.2, 0) is 0 Å². The van der Waals surface area contributed by atoms with E-state index in [1.165, 1.54) is 0 Å². The number of ether oxygens (including phenoxy) is 2. The maximum Gasteiger partial charge on any atom is 0.248 e. The van der Waals surface area contributed by atoms with Crippen LogP contribution >= 0.6 is 0 Å². The van der Waals surface area contributed by atoms with Crippen molar-refractivity contribution in [3.05, 3.63) is 114 Å². The molecule has 0 radical (unpaired) electrons. The summed E-state index contributed by atoms with van der Waals surface area (Å²) < 4.78 is 12.2. The van der Waals surface area contributed by atoms with Gasteiger partial charge in [-0.15, -0.1) is 0 Å². The standard InChI is InChI=1S/C28H22N2O4/c29-28(32)20-8-6-19(7-9-20)27(22-12-14-30-17-24(22)18-4-2-1-3-5-18)34-21-10-11-23-25(31)13-15-33-26(23)16-21/h1-12,14,16-17,27H,13,15H2,(H2,29,32)/t27-/m1/s1. The molecule has 6 nitrogen and oxygen atoms in total. The summed E-state index contributed by atoms with van der Waals surface area (Å²) in [5.41, 5.74) is 10.1. The summed E-state index contributed by atoms with van der Waals surface area (Å²) in [6, 6.07) is 24.2. The molecule has 1 atom stereocenters. The van der Waals surface area contributed by atoms with E-state index in [1.54, 1.807) is 36.5 Å². The molecule has 2 heterocycles. The van der Waals surface area contributed by atoms with Gasteiger partial charge < -0.3 is 15.2 Å². The van der Waals surface area contributed by atoms with Crippen molar-refractivity contribution < 1.29 is 19.1 Å². The lowest BCUT2D eigenvalue weighted by atomic mass is 9.93. The second kappa shape index (κ2) is 9.19. The Morgan fingerprint density at radius 1 is 0.971 bits per heavy atom. The average Bonchev–Trinajstić information content (AvgIpc) is 2.88. The lowest BCUT2D eigenvalue weighted by molar-refractivity contribution is 0.0932. The molecule has 0 unspecified atom stereocenters. The second-order valence-electron chi connectivity index (χ2n) is 7.99. The molecule has 0 fully saturated rings. The zero-order valence-corrected chi connectivity index (χ0v) is 18.3. The van der Waals surface area contributed by atoms with Gasteiger partial charge in [-0.05, 0) is 41.5 Å². The van der Waals surface area contributed by atoms with Gasteiger partial charge in [0.2, 0.25) is 5.91 Å². The summed E-state index contributed by atoms with van der Waals surface area (Å²) in [5.74, 6) is 0.657. The van der Waals surface area contributed by atoms with Crippen LogP contribution in [0.5, 0.6) is 11.5 Å². The Labute approximate surface area is 197 Å². The lowest BCUT2D eigenvalue weighted by Gasteiger charge is -2.24. The van der Waals surface area contributed by atoms with Crippen molar-refractivity contribution in [3.63, 3.8) is 0 Å². The van der Waals surface area contributed by atoms with E-state index >= 15 is 0 Å². The third kappa shape index (κ3) is 4.26. The fourth-order valence-corrected chi connectivity index (χ4v) is 4.08. The topological polar surface area (TPSA) is 91.5 Å². The van der Waals surface area contributed by atoms with Crippen LogP contribution in [0.15, 0.2) is 91.3 Å². The summed E-state index contributed by atoms with van der Waals surface area (Å²) in [6.45, 7) is 0.357. The number of ketones is 1. The van der Waals surface area contributed by atoms with E-state index < -0.39 is 12.0 Å². The Morgan fingerprint density at radius 3 is 2.53 bits per heavy atom. The predicted molar refractivity (Wildman–Crippen MR) is 128 cm³/mol. The first-order valence-electron chi connectivity index (χ1n) is 11.0. The highest BCUT2D eigenvalue weighted by Gasteiger charge is 2.23. The molecule has 0 saturated heterocycles. The number of amides is 1. The van der Waals surface area contributed by atoms with Crippen LogP contribution in [0.3, 0.4) is 0 Å². The maximum absolute atomic E-state index is 12.2. The molecule has 3 aromatic carbocycles. The highest BCUT2D eigenvalue weighted by atomic mass is 16.5. The number of carbonyl (C=O) groups excluding carboxylic acids is 2. The van der Waals surface area contributed by atoms with E-state index in [0.29, 0.717) is 35.7 Å². The van der Waals surface area contributed by atoms with Gasteiger partial charge in [-0.2, -0.15) is 0 Å². The molecule has 1 aliphatic rings. The van der Waals surface area contributed by atoms with Crippen molar-refractivity contribution >= 4 is 11.7 Å². The summed E-state index contributed by atoms with van der Waals surface area (Å²) in [6.07, 6.45) is 3.40. The smallest absolute Gasteiger partial charge is 0.248 e. The SMILES string of the molecule is NC(=O)c1ccc([C@@H](Oc2ccc3c(c2)OCCC3=O)c2ccncc2-c2ccccc2)cc1. The van der Waals surface area contributed by atoms with Crippen LogP contribution in [0.2, 0.25) is 0 Å². The van der Waals surface area contributed by atoms with Crippen molar-refractivity contribution in [2.75, 3.05) is 6.61 Å². The number of rotatable bonds is 6. The minimum atomic E-state index is -0.516. The van der Waals surface area contributed by atoms with Crippen LogP contribution in [0.1, 0.15) is 44.4 Å². The van der Waals surface area contributed by atoms with Gasteiger partial charge in [0.05, 0.1) is 12.2 Å². The van der Waals surface area contributed by atoms with Gasteiger partial charge in [-0.25, -0.2) is 0 Å². The van der Waals surface area contributed by atoms with Crippen LogP contribution in [0.25, 0.3) is 11.1 Å². The molecule has 1 aromatic heterocycles. The molecule has 0 aliphatic carbocycles. The number of nitrogens with zero attached hydrogens (tertiary/aromatic N) is 1. The first kappa shape index (κ1) is 21.4. The van der Waals surface area contributed by atoms with Gasteiger partial charge in [0.15, 0.2) is 5.78 Å². The lowest BCUT2D eigenvalue weighted by Crippen LogP contribution is -2.16. The number of primary amides is 1. The van der Waals surface area contributed by atoms with Crippen LogP contribution in [0.4, 0.5) is 0 Å². The van der Waals surface area contributed by atoms with Crippen LogP contribution < -0.4 is 15.2 Å². The molecule has 1 amide bonds. The fraction of sp³-hybridized carbons (Fsp3) is 0.107. The maximum atomic E-state index is 12.2. The number of benzene rings is 3. The Morgan fingerprint density at radius 2 is 1.76 bits per heavy atom. The van der Waals surface area contributed by atoms with E-state index in [9.17, 15) is 9.59 Å². The van der Waals surface area contributed by atoms with E-state index in [-0.39, 0.29) is 5.78 Å². The summed E-state index contributed by atoms with van der Waals surface area (Å²) in [4.78, 5) is 28.1. The molecule has 0 spiro atoms. The van der Waals surface area contributed by atoms with E-state index in [4.69, 9.17) is 15.2 Å². The number of nitrogens with two attached hydrogens (primary N) is 1. The Balaban J connectivity index is 1.59. The molecule has 1 aliphatic heterocycles. The van der Waals surface area contributed by atoms with Crippen molar-refractivity contribution in [3.8, 4) is 22.6 Å². The molecule has 168 valence electrons. The normalized spacial score (nSPS) is 13.5. The number of pyridine rings is 1. The zero-order valence-electron chi connectivity index (χ0n) is 18.3. The van der Waals surface area contributed by atoms with E-state index in [2.05, 4.69) is 4.98 Å². The number of carbonyl (C=O) groups is 2. The van der Waals surface area contributed by atoms with Crippen molar-refractivity contribution in [2.45, 2.75) is 12.5 Å². The molecule has 6 heteroatoms. The molecule has 4 aromatic rings. The minimum Gasteiger partial charge on any atom is -0.492 e. The van der Waals surface area contributed by atoms with Crippen molar-refractivity contribution in [2.24, 2.45) is 5.73 Å². The van der Waals surface area contributed by atoms with Crippen molar-refractivity contribution in [1.82, 2.24) is 4.98 Å². The van der Waals surface area contributed by atoms with Gasteiger partial charge in [-0.3, -0.25) is 14.6 Å². The van der Waals surface area contributed by atoms with Gasteiger partial charge >= 0.3 is 0 Å². The van der Waals surface area contributed by atoms with Crippen molar-refractivity contribution in [1.29, 1.82) is 0 Å². The fourth-order valence-electron chi connectivity index (χ4n) is 4.08. The van der Waals surface area contributed by atoms with Crippen LogP contribution in [0, 0.1) is 0 Å². The van der Waals surface area contributed by atoms with Crippen LogP contribution in [-0.4, -0.2) is 23.3 Å². The third-order valence-corrected chi connectivity index (χ3v) is 5.81. The minimum absolute atomic E-state index is 0.0619. The quantitative estimate of drug-likeness (QED) is 0.447. The average molecular weight is 450 g/mol. The monoisotopic (exact) mass is 450 g/mol.